The van der Waals surface area contributed by atoms with Crippen LogP contribution < -0.4 is 10.5 Å². The number of nitrogens with two attached hydrogens (primary N) is 1. The van der Waals surface area contributed by atoms with Crippen molar-refractivity contribution in [1.82, 2.24) is 0 Å². The minimum Gasteiger partial charge on any atom is -0.455 e. The average molecular weight is 336 g/mol. The summed E-state index contributed by atoms with van der Waals surface area (Å²) in [6.45, 7) is 1.69. The summed E-state index contributed by atoms with van der Waals surface area (Å²) in [6.07, 6.45) is -0.557. The van der Waals surface area contributed by atoms with Crippen LogP contribution in [0.2, 0.25) is 0 Å². The highest BCUT2D eigenvalue weighted by Crippen LogP contribution is 2.33. The molecule has 0 saturated carbocycles. The standard InChI is InChI=1S/C15H14BrNO3/c1-9(18)10-6-7-14(12(16)8-10)20-13-5-3-2-4-11(13)15(17)19/h2-9,18H,1H3,(H2,17,19). The van der Waals surface area contributed by atoms with Crippen molar-refractivity contribution in [2.45, 2.75) is 13.0 Å². The van der Waals surface area contributed by atoms with E-state index >= 15 is 0 Å². The molecule has 20 heavy (non-hydrogen) atoms. The molecule has 1 amide bonds. The molecule has 0 aliphatic rings. The predicted molar refractivity (Wildman–Crippen MR) is 79.8 cm³/mol. The predicted octanol–water partition coefficient (Wildman–Crippen LogP) is 3.39. The fraction of sp³-hybridized carbons (Fsp3) is 0.133. The van der Waals surface area contributed by atoms with Gasteiger partial charge < -0.3 is 15.6 Å². The Balaban J connectivity index is 2.33. The van der Waals surface area contributed by atoms with E-state index in [0.29, 0.717) is 21.5 Å². The van der Waals surface area contributed by atoms with Gasteiger partial charge in [-0.3, -0.25) is 4.79 Å². The Morgan fingerprint density at radius 3 is 2.55 bits per heavy atom. The van der Waals surface area contributed by atoms with Gasteiger partial charge in [0.15, 0.2) is 0 Å². The Hall–Kier alpha value is -1.85. The molecule has 2 aromatic rings. The number of carbonyl (C=O) groups excluding carboxylic acids is 1. The highest BCUT2D eigenvalue weighted by molar-refractivity contribution is 9.10. The number of benzene rings is 2. The third kappa shape index (κ3) is 3.18. The van der Waals surface area contributed by atoms with Crippen LogP contribution in [0.3, 0.4) is 0 Å². The average Bonchev–Trinajstić information content (AvgIpc) is 2.41. The molecule has 0 heterocycles. The summed E-state index contributed by atoms with van der Waals surface area (Å²) in [7, 11) is 0. The SMILES string of the molecule is CC(O)c1ccc(Oc2ccccc2C(N)=O)c(Br)c1. The van der Waals surface area contributed by atoms with Crippen LogP contribution in [-0.2, 0) is 0 Å². The van der Waals surface area contributed by atoms with Crippen molar-refractivity contribution in [1.29, 1.82) is 0 Å². The van der Waals surface area contributed by atoms with Gasteiger partial charge in [0.1, 0.15) is 11.5 Å². The van der Waals surface area contributed by atoms with Crippen molar-refractivity contribution < 1.29 is 14.6 Å². The lowest BCUT2D eigenvalue weighted by Gasteiger charge is -2.12. The molecule has 3 N–H and O–H groups in total. The number of halogens is 1. The molecule has 0 aliphatic carbocycles. The first-order chi connectivity index (χ1) is 9.49. The van der Waals surface area contributed by atoms with Gasteiger partial charge >= 0.3 is 0 Å². The number of aliphatic hydroxyl groups is 1. The number of hydrogen-bond acceptors (Lipinski definition) is 3. The molecule has 0 aliphatic heterocycles. The van der Waals surface area contributed by atoms with Crippen LogP contribution in [0, 0.1) is 0 Å². The van der Waals surface area contributed by atoms with E-state index in [9.17, 15) is 9.90 Å². The minimum absolute atomic E-state index is 0.319. The molecule has 0 aromatic heterocycles. The number of primary amides is 1. The van der Waals surface area contributed by atoms with Crippen molar-refractivity contribution in [2.24, 2.45) is 5.73 Å². The smallest absolute Gasteiger partial charge is 0.252 e. The largest absolute Gasteiger partial charge is 0.455 e. The maximum Gasteiger partial charge on any atom is 0.252 e. The van der Waals surface area contributed by atoms with E-state index in [-0.39, 0.29) is 0 Å². The van der Waals surface area contributed by atoms with E-state index in [1.165, 1.54) is 0 Å². The van der Waals surface area contributed by atoms with Crippen LogP contribution in [0.4, 0.5) is 0 Å². The lowest BCUT2D eigenvalue weighted by molar-refractivity contribution is 0.0998. The van der Waals surface area contributed by atoms with Gasteiger partial charge in [0.25, 0.3) is 5.91 Å². The minimum atomic E-state index is -0.557. The number of carbonyl (C=O) groups is 1. The number of rotatable bonds is 4. The summed E-state index contributed by atoms with van der Waals surface area (Å²) in [5.41, 5.74) is 6.40. The van der Waals surface area contributed by atoms with E-state index in [0.717, 1.165) is 5.56 Å². The van der Waals surface area contributed by atoms with Crippen LogP contribution >= 0.6 is 15.9 Å². The maximum absolute atomic E-state index is 11.3. The zero-order valence-corrected chi connectivity index (χ0v) is 12.4. The highest BCUT2D eigenvalue weighted by atomic mass is 79.9. The fourth-order valence-electron chi connectivity index (χ4n) is 1.74. The number of ether oxygens (including phenoxy) is 1. The molecule has 1 atom stereocenters. The van der Waals surface area contributed by atoms with Crippen molar-refractivity contribution in [3.8, 4) is 11.5 Å². The summed E-state index contributed by atoms with van der Waals surface area (Å²) in [4.78, 5) is 11.3. The summed E-state index contributed by atoms with van der Waals surface area (Å²) in [5, 5.41) is 9.52. The summed E-state index contributed by atoms with van der Waals surface area (Å²) < 4.78 is 6.40. The molecular formula is C15H14BrNO3. The zero-order chi connectivity index (χ0) is 14.7. The molecule has 0 spiro atoms. The van der Waals surface area contributed by atoms with Gasteiger partial charge in [-0.05, 0) is 52.7 Å². The van der Waals surface area contributed by atoms with Gasteiger partial charge in [0.05, 0.1) is 16.1 Å². The molecule has 2 rings (SSSR count). The monoisotopic (exact) mass is 335 g/mol. The summed E-state index contributed by atoms with van der Waals surface area (Å²) >= 11 is 3.38. The number of aliphatic hydroxyl groups excluding tert-OH is 1. The lowest BCUT2D eigenvalue weighted by atomic mass is 10.1. The van der Waals surface area contributed by atoms with Crippen LogP contribution in [0.1, 0.15) is 28.9 Å². The van der Waals surface area contributed by atoms with Crippen molar-refractivity contribution in [2.75, 3.05) is 0 Å². The molecule has 0 radical (unpaired) electrons. The molecule has 0 bridgehead atoms. The molecular weight excluding hydrogens is 322 g/mol. The highest BCUT2D eigenvalue weighted by Gasteiger charge is 2.12. The molecule has 104 valence electrons. The summed E-state index contributed by atoms with van der Waals surface area (Å²) in [6, 6.07) is 12.0. The molecule has 2 aromatic carbocycles. The van der Waals surface area contributed by atoms with E-state index < -0.39 is 12.0 Å². The Labute approximate surface area is 125 Å². The van der Waals surface area contributed by atoms with Gasteiger partial charge in [-0.1, -0.05) is 18.2 Å². The van der Waals surface area contributed by atoms with Gasteiger partial charge in [0.2, 0.25) is 0 Å². The van der Waals surface area contributed by atoms with Gasteiger partial charge in [-0.15, -0.1) is 0 Å². The first-order valence-electron chi connectivity index (χ1n) is 6.03. The lowest BCUT2D eigenvalue weighted by Crippen LogP contribution is -2.12. The molecule has 5 heteroatoms. The summed E-state index contributed by atoms with van der Waals surface area (Å²) in [5.74, 6) is 0.394. The van der Waals surface area contributed by atoms with Crippen LogP contribution in [-0.4, -0.2) is 11.0 Å². The third-order valence-corrected chi connectivity index (χ3v) is 3.43. The van der Waals surface area contributed by atoms with E-state index in [4.69, 9.17) is 10.5 Å². The van der Waals surface area contributed by atoms with Gasteiger partial charge in [-0.2, -0.15) is 0 Å². The third-order valence-electron chi connectivity index (χ3n) is 2.81. The first-order valence-corrected chi connectivity index (χ1v) is 6.82. The Morgan fingerprint density at radius 2 is 1.95 bits per heavy atom. The topological polar surface area (TPSA) is 72.6 Å². The second kappa shape index (κ2) is 6.07. The first kappa shape index (κ1) is 14.6. The van der Waals surface area contributed by atoms with E-state index in [1.54, 1.807) is 49.4 Å². The normalized spacial score (nSPS) is 11.9. The van der Waals surface area contributed by atoms with Crippen molar-refractivity contribution in [3.63, 3.8) is 0 Å². The van der Waals surface area contributed by atoms with Crippen molar-refractivity contribution >= 4 is 21.8 Å². The Bertz CT molecular complexity index is 641. The van der Waals surface area contributed by atoms with Crippen molar-refractivity contribution in [3.05, 3.63) is 58.1 Å². The van der Waals surface area contributed by atoms with Gasteiger partial charge in [-0.25, -0.2) is 0 Å². The second-order valence-corrected chi connectivity index (χ2v) is 5.18. The van der Waals surface area contributed by atoms with Crippen LogP contribution in [0.25, 0.3) is 0 Å². The Morgan fingerprint density at radius 1 is 1.25 bits per heavy atom. The number of para-hydroxylation sites is 1. The second-order valence-electron chi connectivity index (χ2n) is 4.33. The quantitative estimate of drug-likeness (QED) is 0.899. The van der Waals surface area contributed by atoms with Crippen LogP contribution in [0.5, 0.6) is 11.5 Å². The van der Waals surface area contributed by atoms with Gasteiger partial charge in [0, 0.05) is 0 Å². The van der Waals surface area contributed by atoms with E-state index in [2.05, 4.69) is 15.9 Å². The molecule has 0 saturated heterocycles. The number of amides is 1. The van der Waals surface area contributed by atoms with E-state index in [1.807, 2.05) is 0 Å². The van der Waals surface area contributed by atoms with Crippen LogP contribution in [0.15, 0.2) is 46.9 Å². The maximum atomic E-state index is 11.3. The molecule has 4 nitrogen and oxygen atoms in total. The molecule has 0 fully saturated rings. The molecule has 1 unspecified atom stereocenters. The number of hydrogen-bond donors (Lipinski definition) is 2. The Kier molecular flexibility index (Phi) is 4.42. The fourth-order valence-corrected chi connectivity index (χ4v) is 2.21. The zero-order valence-electron chi connectivity index (χ0n) is 10.8.